The van der Waals surface area contributed by atoms with Crippen molar-refractivity contribution in [2.45, 2.75) is 39.7 Å². The van der Waals surface area contributed by atoms with E-state index in [1.54, 1.807) is 4.68 Å². The summed E-state index contributed by atoms with van der Waals surface area (Å²) in [5.74, 6) is 0.0204. The molecule has 0 saturated heterocycles. The second-order valence-electron chi connectivity index (χ2n) is 7.78. The van der Waals surface area contributed by atoms with Crippen LogP contribution < -0.4 is 0 Å². The molecule has 1 unspecified atom stereocenters. The first-order chi connectivity index (χ1) is 13.5. The van der Waals surface area contributed by atoms with E-state index in [2.05, 4.69) is 68.3 Å². The third kappa shape index (κ3) is 3.24. The fourth-order valence-electron chi connectivity index (χ4n) is 4.24. The van der Waals surface area contributed by atoms with E-state index < -0.39 is 0 Å². The second-order valence-corrected chi connectivity index (χ2v) is 7.78. The van der Waals surface area contributed by atoms with E-state index in [0.717, 1.165) is 30.6 Å². The highest BCUT2D eigenvalue weighted by molar-refractivity contribution is 5.94. The molecule has 0 fully saturated rings. The molecule has 0 saturated carbocycles. The number of aryl methyl sites for hydroxylation is 3. The number of nitrogens with zero attached hydrogens (tertiary/aromatic N) is 3. The van der Waals surface area contributed by atoms with Gasteiger partial charge in [0.15, 0.2) is 5.69 Å². The zero-order valence-electron chi connectivity index (χ0n) is 17.1. The molecule has 28 heavy (non-hydrogen) atoms. The lowest BCUT2D eigenvalue weighted by atomic mass is 9.89. The van der Waals surface area contributed by atoms with Gasteiger partial charge in [0, 0.05) is 13.6 Å². The molecule has 0 bridgehead atoms. The minimum absolute atomic E-state index is 0.0204. The Hall–Kier alpha value is -2.88. The molecule has 1 aromatic heterocycles. The molecule has 1 aliphatic heterocycles. The highest BCUT2D eigenvalue weighted by atomic mass is 16.2. The molecule has 2 heterocycles. The topological polar surface area (TPSA) is 38.1 Å². The van der Waals surface area contributed by atoms with Gasteiger partial charge in [0.25, 0.3) is 5.91 Å². The van der Waals surface area contributed by atoms with Crippen molar-refractivity contribution in [2.75, 3.05) is 6.54 Å². The van der Waals surface area contributed by atoms with Gasteiger partial charge in [-0.15, -0.1) is 0 Å². The number of amides is 1. The maximum Gasteiger partial charge on any atom is 0.274 e. The van der Waals surface area contributed by atoms with Gasteiger partial charge >= 0.3 is 0 Å². The highest BCUT2D eigenvalue weighted by Gasteiger charge is 2.31. The zero-order chi connectivity index (χ0) is 19.8. The average Bonchev–Trinajstić information content (AvgIpc) is 3.08. The standard InChI is InChI=1S/C24H27N3O/c1-5-22-20-11-8-17(3)14-19(20)12-13-27(22)24(28)21-15-23(26(4)25-21)18-9-6-16(2)7-10-18/h6-11,14-15,22H,5,12-13H2,1-4H3. The Morgan fingerprint density at radius 2 is 1.79 bits per heavy atom. The van der Waals surface area contributed by atoms with E-state index in [4.69, 9.17) is 0 Å². The number of benzene rings is 2. The van der Waals surface area contributed by atoms with Crippen LogP contribution in [0.15, 0.2) is 48.5 Å². The fraction of sp³-hybridized carbons (Fsp3) is 0.333. The molecule has 3 aromatic rings. The molecule has 1 amide bonds. The summed E-state index contributed by atoms with van der Waals surface area (Å²) < 4.78 is 1.81. The SMILES string of the molecule is CCC1c2ccc(C)cc2CCN1C(=O)c1cc(-c2ccc(C)cc2)n(C)n1. The zero-order valence-corrected chi connectivity index (χ0v) is 17.1. The number of hydrogen-bond donors (Lipinski definition) is 0. The van der Waals surface area contributed by atoms with Gasteiger partial charge in [-0.05, 0) is 49.4 Å². The highest BCUT2D eigenvalue weighted by Crippen LogP contribution is 2.34. The Balaban J connectivity index is 1.65. The monoisotopic (exact) mass is 373 g/mol. The summed E-state index contributed by atoms with van der Waals surface area (Å²) in [6, 6.07) is 17.0. The quantitative estimate of drug-likeness (QED) is 0.658. The normalized spacial score (nSPS) is 16.1. The van der Waals surface area contributed by atoms with Crippen LogP contribution in [-0.2, 0) is 13.5 Å². The summed E-state index contributed by atoms with van der Waals surface area (Å²) in [6.45, 7) is 7.09. The lowest BCUT2D eigenvalue weighted by Gasteiger charge is -2.36. The molecule has 4 nitrogen and oxygen atoms in total. The molecule has 144 valence electrons. The molecular weight excluding hydrogens is 346 g/mol. The molecular formula is C24H27N3O. The first kappa shape index (κ1) is 18.5. The Bertz CT molecular complexity index is 1020. The van der Waals surface area contributed by atoms with Gasteiger partial charge in [0.05, 0.1) is 11.7 Å². The van der Waals surface area contributed by atoms with Crippen molar-refractivity contribution >= 4 is 5.91 Å². The number of carbonyl (C=O) groups is 1. The van der Waals surface area contributed by atoms with Crippen molar-refractivity contribution in [3.05, 3.63) is 76.5 Å². The molecule has 4 heteroatoms. The van der Waals surface area contributed by atoms with E-state index in [9.17, 15) is 4.79 Å². The predicted molar refractivity (Wildman–Crippen MR) is 112 cm³/mol. The summed E-state index contributed by atoms with van der Waals surface area (Å²) in [5, 5.41) is 4.55. The van der Waals surface area contributed by atoms with Gasteiger partial charge in [-0.1, -0.05) is 60.5 Å². The fourth-order valence-corrected chi connectivity index (χ4v) is 4.24. The lowest BCUT2D eigenvalue weighted by Crippen LogP contribution is -2.40. The molecule has 2 aromatic carbocycles. The third-order valence-corrected chi connectivity index (χ3v) is 5.75. The summed E-state index contributed by atoms with van der Waals surface area (Å²) in [4.78, 5) is 15.3. The van der Waals surface area contributed by atoms with Crippen molar-refractivity contribution in [3.63, 3.8) is 0 Å². The molecule has 0 N–H and O–H groups in total. The minimum atomic E-state index is 0.0204. The minimum Gasteiger partial charge on any atom is -0.330 e. The summed E-state index contributed by atoms with van der Waals surface area (Å²) in [7, 11) is 1.90. The number of fused-ring (bicyclic) bond motifs is 1. The van der Waals surface area contributed by atoms with Crippen LogP contribution in [0.1, 0.15) is 52.1 Å². The second kappa shape index (κ2) is 7.27. The number of rotatable bonds is 3. The van der Waals surface area contributed by atoms with Crippen molar-refractivity contribution in [1.29, 1.82) is 0 Å². The number of hydrogen-bond acceptors (Lipinski definition) is 2. The van der Waals surface area contributed by atoms with Gasteiger partial charge in [-0.2, -0.15) is 5.10 Å². The van der Waals surface area contributed by atoms with Crippen LogP contribution in [0.3, 0.4) is 0 Å². The van der Waals surface area contributed by atoms with Crippen LogP contribution >= 0.6 is 0 Å². The summed E-state index contributed by atoms with van der Waals surface area (Å²) in [6.07, 6.45) is 1.80. The van der Waals surface area contributed by atoms with Gasteiger partial charge in [-0.25, -0.2) is 0 Å². The maximum absolute atomic E-state index is 13.3. The van der Waals surface area contributed by atoms with Crippen LogP contribution in [0.25, 0.3) is 11.3 Å². The Morgan fingerprint density at radius 3 is 2.50 bits per heavy atom. The van der Waals surface area contributed by atoms with Crippen LogP contribution in [0.2, 0.25) is 0 Å². The molecule has 1 aliphatic rings. The Labute approximate surface area is 166 Å². The first-order valence-electron chi connectivity index (χ1n) is 9.99. The van der Waals surface area contributed by atoms with E-state index in [0.29, 0.717) is 5.69 Å². The van der Waals surface area contributed by atoms with Crippen molar-refractivity contribution in [1.82, 2.24) is 14.7 Å². The molecule has 4 rings (SSSR count). The maximum atomic E-state index is 13.3. The van der Waals surface area contributed by atoms with E-state index in [1.807, 2.05) is 18.0 Å². The molecule has 0 radical (unpaired) electrons. The largest absolute Gasteiger partial charge is 0.330 e. The number of carbonyl (C=O) groups excluding carboxylic acids is 1. The lowest BCUT2D eigenvalue weighted by molar-refractivity contribution is 0.0648. The number of aromatic nitrogens is 2. The van der Waals surface area contributed by atoms with Crippen molar-refractivity contribution < 1.29 is 4.79 Å². The van der Waals surface area contributed by atoms with Crippen molar-refractivity contribution in [3.8, 4) is 11.3 Å². The molecule has 0 aliphatic carbocycles. The summed E-state index contributed by atoms with van der Waals surface area (Å²) >= 11 is 0. The van der Waals surface area contributed by atoms with Gasteiger partial charge in [0.1, 0.15) is 0 Å². The third-order valence-electron chi connectivity index (χ3n) is 5.75. The van der Waals surface area contributed by atoms with Gasteiger partial charge < -0.3 is 4.90 Å². The van der Waals surface area contributed by atoms with Crippen molar-refractivity contribution in [2.24, 2.45) is 7.05 Å². The van der Waals surface area contributed by atoms with E-state index >= 15 is 0 Å². The van der Waals surface area contributed by atoms with Gasteiger partial charge in [0.2, 0.25) is 0 Å². The van der Waals surface area contributed by atoms with Crippen LogP contribution in [0, 0.1) is 13.8 Å². The average molecular weight is 374 g/mol. The van der Waals surface area contributed by atoms with Crippen LogP contribution in [-0.4, -0.2) is 27.1 Å². The Kier molecular flexibility index (Phi) is 4.80. The van der Waals surface area contributed by atoms with Crippen LogP contribution in [0.5, 0.6) is 0 Å². The van der Waals surface area contributed by atoms with Gasteiger partial charge in [-0.3, -0.25) is 9.48 Å². The summed E-state index contributed by atoms with van der Waals surface area (Å²) in [5.41, 5.74) is 7.71. The van der Waals surface area contributed by atoms with Crippen LogP contribution in [0.4, 0.5) is 0 Å². The smallest absolute Gasteiger partial charge is 0.274 e. The van der Waals surface area contributed by atoms with E-state index in [-0.39, 0.29) is 11.9 Å². The molecule has 1 atom stereocenters. The first-order valence-corrected chi connectivity index (χ1v) is 9.99. The Morgan fingerprint density at radius 1 is 1.07 bits per heavy atom. The predicted octanol–water partition coefficient (Wildman–Crippen LogP) is 4.85. The van der Waals surface area contributed by atoms with E-state index in [1.165, 1.54) is 22.3 Å². The molecule has 0 spiro atoms.